The number of hydrogen-bond acceptors (Lipinski definition) is 8. The van der Waals surface area contributed by atoms with Crippen molar-refractivity contribution >= 4 is 30.0 Å². The monoisotopic (exact) mass is 672 g/mol. The number of carbonyl (C=O) groups is 3. The lowest BCUT2D eigenvalue weighted by atomic mass is 9.83. The van der Waals surface area contributed by atoms with E-state index in [1.165, 1.54) is 17.1 Å². The van der Waals surface area contributed by atoms with Crippen LogP contribution < -0.4 is 16.2 Å². The van der Waals surface area contributed by atoms with E-state index in [2.05, 4.69) is 31.1 Å². The Morgan fingerprint density at radius 3 is 2.68 bits per heavy atom. The summed E-state index contributed by atoms with van der Waals surface area (Å²) in [5, 5.41) is 17.1. The number of imidazole rings is 1. The number of nitrogens with one attached hydrogen (secondary N) is 3. The van der Waals surface area contributed by atoms with Gasteiger partial charge in [-0.05, 0) is 73.0 Å². The van der Waals surface area contributed by atoms with Gasteiger partial charge in [0.1, 0.15) is 12.2 Å². The highest BCUT2D eigenvalue weighted by Gasteiger charge is 2.37. The van der Waals surface area contributed by atoms with Gasteiger partial charge in [-0.15, -0.1) is 5.10 Å². The molecule has 1 fully saturated rings. The molecule has 3 aromatic heterocycles. The fraction of sp³-hybridized carbons (Fsp3) is 0.278. The Morgan fingerprint density at radius 2 is 1.90 bits per heavy atom. The van der Waals surface area contributed by atoms with Crippen LogP contribution in [-0.4, -0.2) is 71.0 Å². The van der Waals surface area contributed by atoms with Crippen LogP contribution >= 0.6 is 0 Å². The van der Waals surface area contributed by atoms with Crippen LogP contribution in [0, 0.1) is 19.8 Å². The van der Waals surface area contributed by atoms with Crippen LogP contribution in [0.2, 0.25) is 0 Å². The van der Waals surface area contributed by atoms with Gasteiger partial charge in [-0.1, -0.05) is 29.8 Å². The molecule has 3 atom stereocenters. The molecule has 2 bridgehead atoms. The first-order chi connectivity index (χ1) is 24.2. The number of H-pyrrole nitrogens is 1. The number of piperidine rings is 1. The molecule has 254 valence electrons. The Hall–Kier alpha value is -6.18. The first kappa shape index (κ1) is 32.4. The highest BCUT2D eigenvalue weighted by atomic mass is 16.2. The molecule has 0 unspecified atom stereocenters. The smallest absolute Gasteiger partial charge is 0.250 e. The zero-order valence-electron chi connectivity index (χ0n) is 27.6. The minimum absolute atomic E-state index is 0.0119. The van der Waals surface area contributed by atoms with Crippen LogP contribution in [0.25, 0.3) is 23.0 Å². The van der Waals surface area contributed by atoms with Crippen LogP contribution in [0.1, 0.15) is 53.1 Å². The molecule has 2 aliphatic heterocycles. The number of amides is 3. The summed E-state index contributed by atoms with van der Waals surface area (Å²) in [6.45, 7) is 5.45. The molecule has 0 spiro atoms. The largest absolute Gasteiger partial charge is 0.344 e. The summed E-state index contributed by atoms with van der Waals surface area (Å²) in [6, 6.07) is 17.6. The van der Waals surface area contributed by atoms with Gasteiger partial charge >= 0.3 is 0 Å². The highest BCUT2D eigenvalue weighted by molar-refractivity contribution is 5.93. The SMILES string of the molecule is Cc1ccc(-n2cnnn2)c(/C=C/C(=O)N[C@@H](CC(=O)N2C[C@@H]3C[C@H](C2)c2cccc(=O)n2C3)c2nc(-c3ccc(NC=O)cc3)c(C)[nH]2)c1. The second kappa shape index (κ2) is 13.7. The average molecular weight is 673 g/mol. The number of nitrogens with zero attached hydrogens (tertiary/aromatic N) is 7. The first-order valence-corrected chi connectivity index (χ1v) is 16.4. The number of aryl methyl sites for hydroxylation is 2. The van der Waals surface area contributed by atoms with Gasteiger partial charge in [0.05, 0.1) is 23.8 Å². The Labute approximate surface area is 287 Å². The second-order valence-corrected chi connectivity index (χ2v) is 12.8. The lowest BCUT2D eigenvalue weighted by Crippen LogP contribution is -2.49. The molecule has 3 amide bonds. The van der Waals surface area contributed by atoms with Gasteiger partial charge in [-0.2, -0.15) is 4.68 Å². The van der Waals surface area contributed by atoms with Crippen molar-refractivity contribution in [2.45, 2.75) is 45.2 Å². The third-order valence-electron chi connectivity index (χ3n) is 9.34. The second-order valence-electron chi connectivity index (χ2n) is 12.8. The number of fused-ring (bicyclic) bond motifs is 4. The zero-order chi connectivity index (χ0) is 34.8. The van der Waals surface area contributed by atoms with E-state index in [9.17, 15) is 19.2 Å². The molecule has 14 nitrogen and oxygen atoms in total. The summed E-state index contributed by atoms with van der Waals surface area (Å²) < 4.78 is 3.36. The van der Waals surface area contributed by atoms with Crippen molar-refractivity contribution < 1.29 is 14.4 Å². The summed E-state index contributed by atoms with van der Waals surface area (Å²) in [4.78, 5) is 61.0. The first-order valence-electron chi connectivity index (χ1n) is 16.4. The fourth-order valence-corrected chi connectivity index (χ4v) is 7.01. The molecule has 0 aliphatic carbocycles. The minimum Gasteiger partial charge on any atom is -0.344 e. The summed E-state index contributed by atoms with van der Waals surface area (Å²) in [5.74, 6) is 0.158. The van der Waals surface area contributed by atoms with Crippen molar-refractivity contribution in [1.82, 2.24) is 45.0 Å². The summed E-state index contributed by atoms with van der Waals surface area (Å²) >= 11 is 0. The summed E-state index contributed by atoms with van der Waals surface area (Å²) in [6.07, 6.45) is 6.12. The van der Waals surface area contributed by atoms with Gasteiger partial charge in [0.2, 0.25) is 18.2 Å². The van der Waals surface area contributed by atoms with Crippen LogP contribution in [0.4, 0.5) is 5.69 Å². The van der Waals surface area contributed by atoms with E-state index in [1.807, 2.05) is 59.7 Å². The zero-order valence-corrected chi connectivity index (χ0v) is 27.6. The number of pyridine rings is 1. The van der Waals surface area contributed by atoms with Crippen LogP contribution in [0.5, 0.6) is 0 Å². The predicted octanol–water partition coefficient (Wildman–Crippen LogP) is 3.31. The Bertz CT molecular complexity index is 2130. The molecule has 2 aliphatic rings. The Balaban J connectivity index is 1.15. The van der Waals surface area contributed by atoms with Gasteiger partial charge in [0.25, 0.3) is 5.56 Å². The predicted molar refractivity (Wildman–Crippen MR) is 185 cm³/mol. The lowest BCUT2D eigenvalue weighted by Gasteiger charge is -2.43. The summed E-state index contributed by atoms with van der Waals surface area (Å²) in [7, 11) is 0. The number of anilines is 1. The van der Waals surface area contributed by atoms with Gasteiger partial charge in [0, 0.05) is 65.9 Å². The van der Waals surface area contributed by atoms with Gasteiger partial charge in [0.15, 0.2) is 0 Å². The fourth-order valence-electron chi connectivity index (χ4n) is 7.01. The maximum atomic E-state index is 14.0. The van der Waals surface area contributed by atoms with Crippen LogP contribution in [0.15, 0.2) is 77.9 Å². The topological polar surface area (TPSA) is 173 Å². The minimum atomic E-state index is -0.767. The normalized spacial score (nSPS) is 17.3. The van der Waals surface area contributed by atoms with Gasteiger partial charge in [-0.3, -0.25) is 19.2 Å². The van der Waals surface area contributed by atoms with Gasteiger partial charge in [-0.25, -0.2) is 4.98 Å². The molecule has 1 saturated heterocycles. The molecular formula is C36H36N10O4. The third kappa shape index (κ3) is 6.72. The molecule has 0 radical (unpaired) electrons. The van der Waals surface area contributed by atoms with Crippen molar-refractivity contribution in [3.63, 3.8) is 0 Å². The van der Waals surface area contributed by atoms with Gasteiger partial charge < -0.3 is 25.1 Å². The van der Waals surface area contributed by atoms with Crippen molar-refractivity contribution in [1.29, 1.82) is 0 Å². The molecule has 2 aromatic carbocycles. The molecule has 5 heterocycles. The lowest BCUT2D eigenvalue weighted by molar-refractivity contribution is -0.134. The standard InChI is InChI=1S/C36H36N10O4/c1-22-6-12-31(46-20-38-42-43-46)26(14-22)9-13-32(48)40-29(36-39-23(2)35(41-36)25-7-10-28(11-8-25)37-21-47)16-34(50)44-17-24-15-27(19-44)30-4-3-5-33(49)45(30)18-24/h3-14,20-21,24,27,29H,15-19H2,1-2H3,(H,37,47)(H,39,41)(H,40,48)/b13-9+/t24-,27+,29-/m0/s1. The van der Waals surface area contributed by atoms with E-state index < -0.39 is 11.9 Å². The van der Waals surface area contributed by atoms with E-state index >= 15 is 0 Å². The molecule has 5 aromatic rings. The number of tetrazole rings is 1. The van der Waals surface area contributed by atoms with E-state index in [0.29, 0.717) is 48.9 Å². The molecule has 3 N–H and O–H groups in total. The number of aromatic amines is 1. The Kier molecular flexibility index (Phi) is 8.90. The van der Waals surface area contributed by atoms with E-state index in [1.54, 1.807) is 30.3 Å². The van der Waals surface area contributed by atoms with Crippen molar-refractivity contribution in [3.05, 3.63) is 112 Å². The molecule has 0 saturated carbocycles. The molecule has 14 heteroatoms. The average Bonchev–Trinajstić information content (AvgIpc) is 3.78. The van der Waals surface area contributed by atoms with Crippen molar-refractivity contribution in [2.75, 3.05) is 18.4 Å². The maximum Gasteiger partial charge on any atom is 0.250 e. The highest BCUT2D eigenvalue weighted by Crippen LogP contribution is 2.36. The number of likely N-dealkylation sites (tertiary alicyclic amines) is 1. The quantitative estimate of drug-likeness (QED) is 0.150. The maximum absolute atomic E-state index is 14.0. The van der Waals surface area contributed by atoms with Crippen molar-refractivity contribution in [3.8, 4) is 16.9 Å². The third-order valence-corrected chi connectivity index (χ3v) is 9.34. The van der Waals surface area contributed by atoms with Crippen molar-refractivity contribution in [2.24, 2.45) is 5.92 Å². The molecule has 7 rings (SSSR count). The number of benzene rings is 2. The molecular weight excluding hydrogens is 636 g/mol. The van der Waals surface area contributed by atoms with E-state index in [0.717, 1.165) is 34.5 Å². The van der Waals surface area contributed by atoms with E-state index in [-0.39, 0.29) is 29.7 Å². The number of aromatic nitrogens is 7. The summed E-state index contributed by atoms with van der Waals surface area (Å²) in [5.41, 5.74) is 6.28. The molecule has 50 heavy (non-hydrogen) atoms. The number of hydrogen-bond donors (Lipinski definition) is 3. The number of carbonyl (C=O) groups excluding carboxylic acids is 3. The number of rotatable bonds is 10. The van der Waals surface area contributed by atoms with E-state index in [4.69, 9.17) is 4.98 Å². The Morgan fingerprint density at radius 1 is 1.06 bits per heavy atom. The van der Waals surface area contributed by atoms with Crippen LogP contribution in [-0.2, 0) is 20.9 Å². The van der Waals surface area contributed by atoms with Crippen LogP contribution in [0.3, 0.4) is 0 Å².